The lowest BCUT2D eigenvalue weighted by Gasteiger charge is -2.41. The van der Waals surface area contributed by atoms with Crippen LogP contribution in [-0.4, -0.2) is 29.5 Å². The highest BCUT2D eigenvalue weighted by Crippen LogP contribution is 2.34. The lowest BCUT2D eigenvalue weighted by molar-refractivity contribution is -0.384. The second kappa shape index (κ2) is 6.67. The van der Waals surface area contributed by atoms with Crippen molar-refractivity contribution in [3.05, 3.63) is 58.1 Å². The number of rotatable bonds is 4. The molecule has 7 heteroatoms. The Morgan fingerprint density at radius 3 is 2.77 bits per heavy atom. The molecule has 3 rings (SSSR count). The Morgan fingerprint density at radius 2 is 2.04 bits per heavy atom. The van der Waals surface area contributed by atoms with Crippen molar-refractivity contribution < 1.29 is 9.72 Å². The molecule has 0 aromatic heterocycles. The number of hydrogen-bond acceptors (Lipinski definition) is 5. The first kappa shape index (κ1) is 17.7. The smallest absolute Gasteiger partial charge is 0.271 e. The largest absolute Gasteiger partial charge is 0.377 e. The molecule has 2 aromatic rings. The van der Waals surface area contributed by atoms with Gasteiger partial charge in [0.1, 0.15) is 0 Å². The first-order valence-corrected chi connectivity index (χ1v) is 8.42. The number of fused-ring (bicyclic) bond motifs is 1. The zero-order valence-electron chi connectivity index (χ0n) is 15.1. The summed E-state index contributed by atoms with van der Waals surface area (Å²) in [6.45, 7) is 6.81. The summed E-state index contributed by atoms with van der Waals surface area (Å²) in [7, 11) is 0. The predicted molar refractivity (Wildman–Crippen MR) is 103 cm³/mol. The van der Waals surface area contributed by atoms with Crippen molar-refractivity contribution in [1.82, 2.24) is 0 Å². The molecule has 1 amide bonds. The third-order valence-corrected chi connectivity index (χ3v) is 4.34. The van der Waals surface area contributed by atoms with Crippen LogP contribution in [0.2, 0.25) is 0 Å². The van der Waals surface area contributed by atoms with Gasteiger partial charge in [0, 0.05) is 24.2 Å². The van der Waals surface area contributed by atoms with Crippen LogP contribution in [0.15, 0.2) is 42.5 Å². The molecule has 0 atom stereocenters. The van der Waals surface area contributed by atoms with Gasteiger partial charge in [-0.3, -0.25) is 14.9 Å². The molecule has 2 aromatic carbocycles. The number of carbonyl (C=O) groups is 1. The predicted octanol–water partition coefficient (Wildman–Crippen LogP) is 3.55. The van der Waals surface area contributed by atoms with E-state index in [0.717, 1.165) is 16.9 Å². The van der Waals surface area contributed by atoms with Crippen LogP contribution in [0, 0.1) is 17.0 Å². The molecule has 136 valence electrons. The average Bonchev–Trinajstić information content (AvgIpc) is 2.55. The molecule has 0 radical (unpaired) electrons. The van der Waals surface area contributed by atoms with Gasteiger partial charge in [-0.25, -0.2) is 0 Å². The van der Waals surface area contributed by atoms with Crippen LogP contribution in [0.1, 0.15) is 19.4 Å². The molecule has 26 heavy (non-hydrogen) atoms. The van der Waals surface area contributed by atoms with E-state index in [9.17, 15) is 14.9 Å². The number of nitrogens with one attached hydrogen (secondary N) is 2. The fourth-order valence-electron chi connectivity index (χ4n) is 3.18. The van der Waals surface area contributed by atoms with Gasteiger partial charge in [0.05, 0.1) is 28.5 Å². The maximum absolute atomic E-state index is 12.6. The van der Waals surface area contributed by atoms with Gasteiger partial charge in [-0.15, -0.1) is 0 Å². The molecule has 7 nitrogen and oxygen atoms in total. The van der Waals surface area contributed by atoms with Gasteiger partial charge in [-0.1, -0.05) is 18.2 Å². The van der Waals surface area contributed by atoms with E-state index in [1.807, 2.05) is 36.1 Å². The topological polar surface area (TPSA) is 87.5 Å². The average molecular weight is 354 g/mol. The van der Waals surface area contributed by atoms with Crippen molar-refractivity contribution >= 4 is 28.7 Å². The van der Waals surface area contributed by atoms with Gasteiger partial charge in [-0.05, 0) is 38.5 Å². The molecule has 0 unspecified atom stereocenters. The molecule has 0 bridgehead atoms. The van der Waals surface area contributed by atoms with Gasteiger partial charge in [0.2, 0.25) is 5.91 Å². The van der Waals surface area contributed by atoms with Crippen LogP contribution < -0.4 is 15.5 Å². The van der Waals surface area contributed by atoms with Crippen molar-refractivity contribution in [2.24, 2.45) is 0 Å². The minimum Gasteiger partial charge on any atom is -0.377 e. The number of nitro groups is 1. The van der Waals surface area contributed by atoms with Crippen LogP contribution in [0.4, 0.5) is 22.7 Å². The van der Waals surface area contributed by atoms with Gasteiger partial charge in [0.25, 0.3) is 5.69 Å². The number of non-ortho nitro benzene ring substituents is 1. The fraction of sp³-hybridized carbons (Fsp3) is 0.316. The molecule has 1 aliphatic heterocycles. The maximum atomic E-state index is 12.6. The Hall–Kier alpha value is -3.09. The summed E-state index contributed by atoms with van der Waals surface area (Å²) in [5, 5.41) is 17.2. The van der Waals surface area contributed by atoms with Crippen molar-refractivity contribution in [1.29, 1.82) is 0 Å². The Labute approximate surface area is 152 Å². The van der Waals surface area contributed by atoms with E-state index >= 15 is 0 Å². The van der Waals surface area contributed by atoms with Crippen LogP contribution in [-0.2, 0) is 4.79 Å². The second-order valence-electron chi connectivity index (χ2n) is 7.19. The van der Waals surface area contributed by atoms with Crippen LogP contribution in [0.3, 0.4) is 0 Å². The zero-order valence-corrected chi connectivity index (χ0v) is 15.1. The molecule has 0 saturated carbocycles. The minimum absolute atomic E-state index is 0.0421. The highest BCUT2D eigenvalue weighted by atomic mass is 16.6. The zero-order chi connectivity index (χ0) is 18.9. The summed E-state index contributed by atoms with van der Waals surface area (Å²) >= 11 is 0. The number of nitrogens with zero attached hydrogens (tertiary/aromatic N) is 2. The highest BCUT2D eigenvalue weighted by Gasteiger charge is 2.30. The number of anilines is 3. The molecule has 1 aliphatic rings. The first-order valence-electron chi connectivity index (χ1n) is 8.42. The number of amides is 1. The Kier molecular flexibility index (Phi) is 4.54. The monoisotopic (exact) mass is 354 g/mol. The number of para-hydroxylation sites is 2. The number of benzene rings is 2. The lowest BCUT2D eigenvalue weighted by atomic mass is 9.99. The van der Waals surface area contributed by atoms with E-state index in [1.165, 1.54) is 12.1 Å². The van der Waals surface area contributed by atoms with Crippen molar-refractivity contribution in [2.75, 3.05) is 28.6 Å². The SMILES string of the molecule is Cc1ccc([N+](=O)[O-])cc1NC(=O)CN1CC(C)(C)Nc2ccccc21. The maximum Gasteiger partial charge on any atom is 0.271 e. The van der Waals surface area contributed by atoms with Gasteiger partial charge in [-0.2, -0.15) is 0 Å². The second-order valence-corrected chi connectivity index (χ2v) is 7.19. The van der Waals surface area contributed by atoms with Gasteiger partial charge < -0.3 is 15.5 Å². The van der Waals surface area contributed by atoms with Crippen molar-refractivity contribution in [3.63, 3.8) is 0 Å². The number of hydrogen-bond donors (Lipinski definition) is 2. The van der Waals surface area contributed by atoms with E-state index in [1.54, 1.807) is 6.07 Å². The third-order valence-electron chi connectivity index (χ3n) is 4.34. The van der Waals surface area contributed by atoms with E-state index in [4.69, 9.17) is 0 Å². The molecular formula is C19H22N4O3. The van der Waals surface area contributed by atoms with Crippen molar-refractivity contribution in [3.8, 4) is 0 Å². The lowest BCUT2D eigenvalue weighted by Crippen LogP contribution is -2.50. The van der Waals surface area contributed by atoms with E-state index in [0.29, 0.717) is 12.2 Å². The van der Waals surface area contributed by atoms with E-state index < -0.39 is 4.92 Å². The van der Waals surface area contributed by atoms with Gasteiger partial charge >= 0.3 is 0 Å². The normalized spacial score (nSPS) is 15.0. The fourth-order valence-corrected chi connectivity index (χ4v) is 3.18. The number of carbonyl (C=O) groups excluding carboxylic acids is 1. The minimum atomic E-state index is -0.468. The summed E-state index contributed by atoms with van der Waals surface area (Å²) in [4.78, 5) is 25.1. The van der Waals surface area contributed by atoms with E-state index in [2.05, 4.69) is 24.5 Å². The summed E-state index contributed by atoms with van der Waals surface area (Å²) in [6.07, 6.45) is 0. The summed E-state index contributed by atoms with van der Waals surface area (Å²) in [5.41, 5.74) is 2.99. The van der Waals surface area contributed by atoms with Crippen LogP contribution in [0.25, 0.3) is 0 Å². The molecular weight excluding hydrogens is 332 g/mol. The Morgan fingerprint density at radius 1 is 1.31 bits per heavy atom. The number of aryl methyl sites for hydroxylation is 1. The summed E-state index contributed by atoms with van der Waals surface area (Å²) in [6, 6.07) is 12.3. The van der Waals surface area contributed by atoms with Gasteiger partial charge in [0.15, 0.2) is 0 Å². The molecule has 0 spiro atoms. The van der Waals surface area contributed by atoms with E-state index in [-0.39, 0.29) is 23.7 Å². The standard InChI is InChI=1S/C19H22N4O3/c1-13-8-9-14(23(25)26)10-16(13)20-18(24)11-22-12-19(2,3)21-15-6-4-5-7-17(15)22/h4-10,21H,11-12H2,1-3H3,(H,20,24). The Bertz CT molecular complexity index is 864. The summed E-state index contributed by atoms with van der Waals surface area (Å²) in [5.74, 6) is -0.207. The van der Waals surface area contributed by atoms with Crippen LogP contribution in [0.5, 0.6) is 0 Å². The molecule has 0 aliphatic carbocycles. The van der Waals surface area contributed by atoms with Crippen molar-refractivity contribution in [2.45, 2.75) is 26.3 Å². The molecule has 0 saturated heterocycles. The first-order chi connectivity index (χ1) is 12.2. The quantitative estimate of drug-likeness (QED) is 0.647. The molecule has 1 heterocycles. The Balaban J connectivity index is 1.78. The third kappa shape index (κ3) is 3.77. The highest BCUT2D eigenvalue weighted by molar-refractivity contribution is 5.96. The summed E-state index contributed by atoms with van der Waals surface area (Å²) < 4.78 is 0. The molecule has 0 fully saturated rings. The number of nitro benzene ring substituents is 1. The molecule has 2 N–H and O–H groups in total. The van der Waals surface area contributed by atoms with Crippen LogP contribution >= 0.6 is 0 Å².